The Bertz CT molecular complexity index is 622. The molecule has 0 unspecified atom stereocenters. The molecular formula is C15H13BrCl2O3. The zero-order chi connectivity index (χ0) is 15.4. The third-order valence-electron chi connectivity index (χ3n) is 2.92. The highest BCUT2D eigenvalue weighted by Gasteiger charge is 2.11. The highest BCUT2D eigenvalue weighted by atomic mass is 79.9. The molecule has 0 spiro atoms. The highest BCUT2D eigenvalue weighted by Crippen LogP contribution is 2.30. The van der Waals surface area contributed by atoms with Crippen LogP contribution in [-0.4, -0.2) is 10.2 Å². The normalized spacial score (nSPS) is 10.7. The molecule has 0 heterocycles. The number of aliphatic hydroxyl groups is 2. The van der Waals surface area contributed by atoms with Crippen LogP contribution in [-0.2, 0) is 19.8 Å². The summed E-state index contributed by atoms with van der Waals surface area (Å²) >= 11 is 15.2. The molecule has 0 aliphatic carbocycles. The summed E-state index contributed by atoms with van der Waals surface area (Å²) in [6.07, 6.45) is 0. The molecule has 0 bridgehead atoms. The Kier molecular flexibility index (Phi) is 5.90. The van der Waals surface area contributed by atoms with E-state index in [0.29, 0.717) is 26.9 Å². The van der Waals surface area contributed by atoms with Gasteiger partial charge >= 0.3 is 0 Å². The molecule has 2 N–H and O–H groups in total. The molecule has 0 saturated heterocycles. The quantitative estimate of drug-likeness (QED) is 0.797. The smallest absolute Gasteiger partial charge is 0.130 e. The second kappa shape index (κ2) is 7.47. The molecule has 0 saturated carbocycles. The fourth-order valence-electron chi connectivity index (χ4n) is 1.92. The predicted octanol–water partition coefficient (Wildman–Crippen LogP) is 4.32. The molecule has 2 rings (SSSR count). The number of rotatable bonds is 5. The molecule has 112 valence electrons. The molecule has 2 aromatic carbocycles. The lowest BCUT2D eigenvalue weighted by atomic mass is 10.1. The van der Waals surface area contributed by atoms with Gasteiger partial charge in [0, 0.05) is 15.6 Å². The van der Waals surface area contributed by atoms with Crippen molar-refractivity contribution in [1.29, 1.82) is 0 Å². The Labute approximate surface area is 141 Å². The van der Waals surface area contributed by atoms with Gasteiger partial charge in [-0.2, -0.15) is 0 Å². The van der Waals surface area contributed by atoms with E-state index in [9.17, 15) is 10.2 Å². The van der Waals surface area contributed by atoms with Crippen LogP contribution in [0, 0.1) is 0 Å². The minimum atomic E-state index is -0.177. The summed E-state index contributed by atoms with van der Waals surface area (Å²) in [6.45, 7) is -0.0924. The number of aliphatic hydroxyl groups excluding tert-OH is 2. The third-order valence-corrected chi connectivity index (χ3v) is 4.11. The largest absolute Gasteiger partial charge is 0.488 e. The van der Waals surface area contributed by atoms with Gasteiger partial charge in [0.15, 0.2) is 0 Å². The van der Waals surface area contributed by atoms with Crippen molar-refractivity contribution in [3.05, 3.63) is 61.5 Å². The molecule has 6 heteroatoms. The Balaban J connectivity index is 2.24. The van der Waals surface area contributed by atoms with E-state index in [4.69, 9.17) is 27.9 Å². The number of halogens is 3. The minimum Gasteiger partial charge on any atom is -0.488 e. The Morgan fingerprint density at radius 2 is 1.57 bits per heavy atom. The average Bonchev–Trinajstić information content (AvgIpc) is 2.48. The maximum absolute atomic E-state index is 9.42. The number of hydrogen-bond acceptors (Lipinski definition) is 3. The van der Waals surface area contributed by atoms with Crippen molar-refractivity contribution >= 4 is 39.1 Å². The van der Waals surface area contributed by atoms with Crippen LogP contribution in [0.3, 0.4) is 0 Å². The van der Waals surface area contributed by atoms with Gasteiger partial charge in [0.05, 0.1) is 23.3 Å². The van der Waals surface area contributed by atoms with Gasteiger partial charge in [-0.3, -0.25) is 0 Å². The van der Waals surface area contributed by atoms with Crippen LogP contribution < -0.4 is 4.74 Å². The van der Waals surface area contributed by atoms with Crippen LogP contribution in [0.4, 0.5) is 0 Å². The Hall–Kier alpha value is -0.780. The van der Waals surface area contributed by atoms with Gasteiger partial charge in [0.2, 0.25) is 0 Å². The van der Waals surface area contributed by atoms with Crippen molar-refractivity contribution < 1.29 is 14.9 Å². The molecule has 3 nitrogen and oxygen atoms in total. The van der Waals surface area contributed by atoms with Crippen molar-refractivity contribution in [1.82, 2.24) is 0 Å². The monoisotopic (exact) mass is 390 g/mol. The minimum absolute atomic E-state index is 0.177. The zero-order valence-electron chi connectivity index (χ0n) is 10.9. The van der Waals surface area contributed by atoms with Crippen molar-refractivity contribution in [2.24, 2.45) is 0 Å². The van der Waals surface area contributed by atoms with Gasteiger partial charge < -0.3 is 14.9 Å². The zero-order valence-corrected chi connectivity index (χ0v) is 14.0. The Morgan fingerprint density at radius 3 is 2.10 bits per heavy atom. The van der Waals surface area contributed by atoms with Crippen molar-refractivity contribution in [2.45, 2.75) is 19.8 Å². The molecule has 2 aromatic rings. The fraction of sp³-hybridized carbons (Fsp3) is 0.200. The van der Waals surface area contributed by atoms with E-state index in [-0.39, 0.29) is 19.8 Å². The molecule has 0 atom stereocenters. The second-order valence-corrected chi connectivity index (χ2v) is 6.14. The molecular weight excluding hydrogens is 379 g/mol. The van der Waals surface area contributed by atoms with E-state index in [1.54, 1.807) is 24.3 Å². The van der Waals surface area contributed by atoms with E-state index in [2.05, 4.69) is 15.9 Å². The van der Waals surface area contributed by atoms with E-state index in [1.165, 1.54) is 0 Å². The first-order valence-corrected chi connectivity index (χ1v) is 7.69. The van der Waals surface area contributed by atoms with Gasteiger partial charge in [0.1, 0.15) is 12.4 Å². The summed E-state index contributed by atoms with van der Waals surface area (Å²) < 4.78 is 6.52. The van der Waals surface area contributed by atoms with E-state index in [0.717, 1.165) is 10.0 Å². The van der Waals surface area contributed by atoms with Crippen LogP contribution in [0.1, 0.15) is 16.7 Å². The van der Waals surface area contributed by atoms with Gasteiger partial charge in [0.25, 0.3) is 0 Å². The molecule has 0 aromatic heterocycles. The summed E-state index contributed by atoms with van der Waals surface area (Å²) in [7, 11) is 0. The van der Waals surface area contributed by atoms with Gasteiger partial charge in [-0.05, 0) is 29.8 Å². The highest BCUT2D eigenvalue weighted by molar-refractivity contribution is 9.10. The van der Waals surface area contributed by atoms with Gasteiger partial charge in [-0.1, -0.05) is 45.2 Å². The molecule has 21 heavy (non-hydrogen) atoms. The third kappa shape index (κ3) is 4.11. The molecule has 0 amide bonds. The number of hydrogen-bond donors (Lipinski definition) is 2. The van der Waals surface area contributed by atoms with E-state index < -0.39 is 0 Å². The Morgan fingerprint density at radius 1 is 0.952 bits per heavy atom. The maximum atomic E-state index is 9.42. The van der Waals surface area contributed by atoms with Gasteiger partial charge in [-0.25, -0.2) is 0 Å². The van der Waals surface area contributed by atoms with Crippen LogP contribution in [0.2, 0.25) is 10.0 Å². The van der Waals surface area contributed by atoms with Crippen LogP contribution in [0.5, 0.6) is 5.75 Å². The van der Waals surface area contributed by atoms with Crippen LogP contribution in [0.25, 0.3) is 0 Å². The van der Waals surface area contributed by atoms with Crippen LogP contribution in [0.15, 0.2) is 34.8 Å². The van der Waals surface area contributed by atoms with E-state index >= 15 is 0 Å². The molecule has 0 fully saturated rings. The number of benzene rings is 2. The van der Waals surface area contributed by atoms with Gasteiger partial charge in [-0.15, -0.1) is 0 Å². The summed E-state index contributed by atoms with van der Waals surface area (Å²) in [4.78, 5) is 0. The van der Waals surface area contributed by atoms with Crippen molar-refractivity contribution in [2.75, 3.05) is 0 Å². The second-order valence-electron chi connectivity index (χ2n) is 4.41. The molecule has 0 aliphatic rings. The first kappa shape index (κ1) is 16.6. The molecule has 0 aliphatic heterocycles. The van der Waals surface area contributed by atoms with E-state index in [1.807, 2.05) is 6.07 Å². The van der Waals surface area contributed by atoms with Crippen molar-refractivity contribution in [3.8, 4) is 5.75 Å². The first-order chi connectivity index (χ1) is 10.0. The average molecular weight is 392 g/mol. The SMILES string of the molecule is OCc1cc(Br)cc(CO)c1OCc1ccc(Cl)c(Cl)c1. The summed E-state index contributed by atoms with van der Waals surface area (Å²) in [6, 6.07) is 8.74. The standard InChI is InChI=1S/C15H13BrCl2O3/c16-12-4-10(6-19)15(11(5-12)7-20)21-8-9-1-2-13(17)14(18)3-9/h1-5,19-20H,6-8H2. The topological polar surface area (TPSA) is 49.7 Å². The summed E-state index contributed by atoms with van der Waals surface area (Å²) in [5.41, 5.74) is 2.06. The maximum Gasteiger partial charge on any atom is 0.130 e. The summed E-state index contributed by atoms with van der Waals surface area (Å²) in [5.74, 6) is 0.481. The lowest BCUT2D eigenvalue weighted by molar-refractivity contribution is 0.242. The summed E-state index contributed by atoms with van der Waals surface area (Å²) in [5, 5.41) is 19.8. The number of ether oxygens (including phenoxy) is 1. The lowest BCUT2D eigenvalue weighted by Crippen LogP contribution is -2.03. The fourth-order valence-corrected chi connectivity index (χ4v) is 2.79. The predicted molar refractivity (Wildman–Crippen MR) is 86.8 cm³/mol. The van der Waals surface area contributed by atoms with Crippen LogP contribution >= 0.6 is 39.1 Å². The first-order valence-electron chi connectivity index (χ1n) is 6.15. The van der Waals surface area contributed by atoms with Crippen molar-refractivity contribution in [3.63, 3.8) is 0 Å². The molecule has 0 radical (unpaired) electrons. The lowest BCUT2D eigenvalue weighted by Gasteiger charge is -2.15.